The second-order valence-electron chi connectivity index (χ2n) is 6.84. The molecule has 0 amide bonds. The minimum Gasteiger partial charge on any atom is -0.312 e. The molecule has 0 spiro atoms. The van der Waals surface area contributed by atoms with E-state index in [-0.39, 0.29) is 5.54 Å². The minimum absolute atomic E-state index is 0.268. The summed E-state index contributed by atoms with van der Waals surface area (Å²) in [7, 11) is 2.23. The van der Waals surface area contributed by atoms with E-state index in [9.17, 15) is 0 Å². The second kappa shape index (κ2) is 7.58. The second-order valence-corrected chi connectivity index (χ2v) is 8.18. The van der Waals surface area contributed by atoms with Gasteiger partial charge in [0.2, 0.25) is 0 Å². The van der Waals surface area contributed by atoms with Crippen LogP contribution in [0.25, 0.3) is 0 Å². The van der Waals surface area contributed by atoms with Gasteiger partial charge in [0.15, 0.2) is 0 Å². The van der Waals surface area contributed by atoms with Gasteiger partial charge in [0.05, 0.1) is 0 Å². The molecule has 1 aromatic heterocycles. The molecule has 1 rings (SSSR count). The molecule has 0 radical (unpaired) electrons. The van der Waals surface area contributed by atoms with Crippen LogP contribution in [0.15, 0.2) is 6.07 Å². The van der Waals surface area contributed by atoms with Gasteiger partial charge in [-0.3, -0.25) is 4.90 Å². The smallest absolute Gasteiger partial charge is 0.0300 e. The van der Waals surface area contributed by atoms with Crippen LogP contribution in [-0.2, 0) is 13.1 Å². The summed E-state index contributed by atoms with van der Waals surface area (Å²) < 4.78 is 0. The fourth-order valence-corrected chi connectivity index (χ4v) is 3.08. The Labute approximate surface area is 129 Å². The zero-order chi connectivity index (χ0) is 15.3. The summed E-state index contributed by atoms with van der Waals surface area (Å²) in [6, 6.07) is 2.38. The lowest BCUT2D eigenvalue weighted by Gasteiger charge is -2.34. The van der Waals surface area contributed by atoms with Crippen molar-refractivity contribution < 1.29 is 0 Å². The Bertz CT molecular complexity index is 407. The van der Waals surface area contributed by atoms with E-state index < -0.39 is 0 Å². The van der Waals surface area contributed by atoms with Crippen molar-refractivity contribution in [1.29, 1.82) is 0 Å². The van der Waals surface area contributed by atoms with Crippen LogP contribution >= 0.6 is 11.3 Å². The standard InChI is InChI=1S/C17H32N2S/c1-8-17(5,6)19(7)12-15-9-16(20-14(15)4)11-18-10-13(2)3/h9,13,18H,8,10-12H2,1-7H3. The molecule has 0 saturated heterocycles. The molecule has 0 aromatic carbocycles. The largest absolute Gasteiger partial charge is 0.312 e. The van der Waals surface area contributed by atoms with Crippen molar-refractivity contribution in [2.45, 2.75) is 66.6 Å². The van der Waals surface area contributed by atoms with Crippen LogP contribution in [0, 0.1) is 12.8 Å². The first-order valence-corrected chi connectivity index (χ1v) is 8.58. The first kappa shape index (κ1) is 17.7. The molecule has 0 atom stereocenters. The maximum atomic E-state index is 3.53. The Morgan fingerprint density at radius 1 is 1.35 bits per heavy atom. The molecule has 1 N–H and O–H groups in total. The number of aryl methyl sites for hydroxylation is 1. The average molecular weight is 297 g/mol. The highest BCUT2D eigenvalue weighted by atomic mass is 32.1. The summed E-state index contributed by atoms with van der Waals surface area (Å²) in [6.07, 6.45) is 1.18. The molecule has 0 fully saturated rings. The monoisotopic (exact) mass is 296 g/mol. The lowest BCUT2D eigenvalue weighted by atomic mass is 9.99. The molecule has 116 valence electrons. The summed E-state index contributed by atoms with van der Waals surface area (Å²) in [6.45, 7) is 16.8. The van der Waals surface area contributed by atoms with Crippen molar-refractivity contribution >= 4 is 11.3 Å². The fourth-order valence-electron chi connectivity index (χ4n) is 2.06. The lowest BCUT2D eigenvalue weighted by molar-refractivity contribution is 0.143. The van der Waals surface area contributed by atoms with Crippen LogP contribution in [0.1, 0.15) is 56.4 Å². The third-order valence-corrected chi connectivity index (χ3v) is 5.32. The van der Waals surface area contributed by atoms with Crippen molar-refractivity contribution in [3.05, 3.63) is 21.4 Å². The molecule has 0 unspecified atom stereocenters. The van der Waals surface area contributed by atoms with Gasteiger partial charge in [-0.15, -0.1) is 11.3 Å². The Morgan fingerprint density at radius 2 is 2.00 bits per heavy atom. The van der Waals surface area contributed by atoms with E-state index in [1.807, 2.05) is 11.3 Å². The van der Waals surface area contributed by atoms with Crippen molar-refractivity contribution in [3.63, 3.8) is 0 Å². The van der Waals surface area contributed by atoms with Gasteiger partial charge in [-0.25, -0.2) is 0 Å². The normalized spacial score (nSPS) is 12.7. The molecule has 20 heavy (non-hydrogen) atoms. The summed E-state index contributed by atoms with van der Waals surface area (Å²) in [5, 5.41) is 3.53. The van der Waals surface area contributed by atoms with Gasteiger partial charge in [-0.2, -0.15) is 0 Å². The highest BCUT2D eigenvalue weighted by Crippen LogP contribution is 2.26. The molecular weight excluding hydrogens is 264 g/mol. The summed E-state index contributed by atoms with van der Waals surface area (Å²) in [5.74, 6) is 0.715. The zero-order valence-corrected chi connectivity index (χ0v) is 15.2. The molecule has 0 bridgehead atoms. The van der Waals surface area contributed by atoms with Crippen LogP contribution in [0.3, 0.4) is 0 Å². The molecule has 0 aliphatic carbocycles. The van der Waals surface area contributed by atoms with E-state index in [1.54, 1.807) is 0 Å². The zero-order valence-electron chi connectivity index (χ0n) is 14.3. The van der Waals surface area contributed by atoms with Crippen molar-refractivity contribution in [2.24, 2.45) is 5.92 Å². The van der Waals surface area contributed by atoms with Crippen LogP contribution in [0.4, 0.5) is 0 Å². The van der Waals surface area contributed by atoms with Gasteiger partial charge in [-0.05, 0) is 58.3 Å². The maximum Gasteiger partial charge on any atom is 0.0300 e. The number of thiophene rings is 1. The topological polar surface area (TPSA) is 15.3 Å². The number of nitrogens with zero attached hydrogens (tertiary/aromatic N) is 1. The van der Waals surface area contributed by atoms with E-state index in [0.29, 0.717) is 5.92 Å². The predicted molar refractivity (Wildman–Crippen MR) is 91.4 cm³/mol. The molecule has 1 aromatic rings. The highest BCUT2D eigenvalue weighted by molar-refractivity contribution is 7.12. The van der Waals surface area contributed by atoms with Crippen molar-refractivity contribution in [3.8, 4) is 0 Å². The third kappa shape index (κ3) is 5.19. The van der Waals surface area contributed by atoms with Gasteiger partial charge < -0.3 is 5.32 Å². The Balaban J connectivity index is 2.61. The highest BCUT2D eigenvalue weighted by Gasteiger charge is 2.22. The summed E-state index contributed by atoms with van der Waals surface area (Å²) in [5.41, 5.74) is 1.75. The average Bonchev–Trinajstić information content (AvgIpc) is 2.69. The molecule has 0 saturated carbocycles. The van der Waals surface area contributed by atoms with Gasteiger partial charge in [-0.1, -0.05) is 20.8 Å². The van der Waals surface area contributed by atoms with Crippen LogP contribution in [0.2, 0.25) is 0 Å². The van der Waals surface area contributed by atoms with E-state index in [1.165, 1.54) is 21.7 Å². The number of hydrogen-bond donors (Lipinski definition) is 1. The first-order chi connectivity index (χ1) is 9.26. The molecule has 3 heteroatoms. The number of hydrogen-bond acceptors (Lipinski definition) is 3. The predicted octanol–water partition coefficient (Wildman–Crippen LogP) is 4.42. The van der Waals surface area contributed by atoms with Gasteiger partial charge in [0.1, 0.15) is 0 Å². The van der Waals surface area contributed by atoms with Gasteiger partial charge >= 0.3 is 0 Å². The molecule has 2 nitrogen and oxygen atoms in total. The van der Waals surface area contributed by atoms with Crippen molar-refractivity contribution in [1.82, 2.24) is 10.2 Å². The fraction of sp³-hybridized carbons (Fsp3) is 0.765. The van der Waals surface area contributed by atoms with Gasteiger partial charge in [0.25, 0.3) is 0 Å². The Hall–Kier alpha value is -0.380. The van der Waals surface area contributed by atoms with E-state index in [0.717, 1.165) is 19.6 Å². The number of rotatable bonds is 8. The molecule has 0 aliphatic heterocycles. The maximum absolute atomic E-state index is 3.53. The summed E-state index contributed by atoms with van der Waals surface area (Å²) in [4.78, 5) is 5.39. The quantitative estimate of drug-likeness (QED) is 0.764. The van der Waals surface area contributed by atoms with E-state index in [2.05, 4.69) is 64.9 Å². The van der Waals surface area contributed by atoms with Crippen LogP contribution in [0.5, 0.6) is 0 Å². The third-order valence-electron chi connectivity index (χ3n) is 4.23. The SMILES string of the molecule is CCC(C)(C)N(C)Cc1cc(CNCC(C)C)sc1C. The Kier molecular flexibility index (Phi) is 6.70. The number of nitrogens with one attached hydrogen (secondary N) is 1. The first-order valence-electron chi connectivity index (χ1n) is 7.76. The van der Waals surface area contributed by atoms with Crippen LogP contribution < -0.4 is 5.32 Å². The Morgan fingerprint density at radius 3 is 2.55 bits per heavy atom. The lowest BCUT2D eigenvalue weighted by Crippen LogP contribution is -2.39. The minimum atomic E-state index is 0.268. The van der Waals surface area contributed by atoms with E-state index >= 15 is 0 Å². The van der Waals surface area contributed by atoms with E-state index in [4.69, 9.17) is 0 Å². The molecule has 0 aliphatic rings. The van der Waals surface area contributed by atoms with Crippen molar-refractivity contribution in [2.75, 3.05) is 13.6 Å². The molecular formula is C17H32N2S. The summed E-state index contributed by atoms with van der Waals surface area (Å²) >= 11 is 1.94. The molecule has 1 heterocycles. The van der Waals surface area contributed by atoms with Crippen LogP contribution in [-0.4, -0.2) is 24.0 Å². The van der Waals surface area contributed by atoms with Gasteiger partial charge in [0, 0.05) is 28.4 Å².